The molecule has 1 atom stereocenters. The predicted molar refractivity (Wildman–Crippen MR) is 116 cm³/mol. The summed E-state index contributed by atoms with van der Waals surface area (Å²) in [6, 6.07) is 15.3. The quantitative estimate of drug-likeness (QED) is 0.721. The van der Waals surface area contributed by atoms with E-state index in [0.717, 1.165) is 23.3 Å². The summed E-state index contributed by atoms with van der Waals surface area (Å²) in [6.07, 6.45) is 6.20. The van der Waals surface area contributed by atoms with E-state index in [0.29, 0.717) is 30.0 Å². The van der Waals surface area contributed by atoms with Gasteiger partial charge in [-0.2, -0.15) is 0 Å². The van der Waals surface area contributed by atoms with E-state index < -0.39 is 0 Å². The summed E-state index contributed by atoms with van der Waals surface area (Å²) in [5.74, 6) is 1.09. The van der Waals surface area contributed by atoms with Crippen LogP contribution in [0.25, 0.3) is 6.08 Å². The summed E-state index contributed by atoms with van der Waals surface area (Å²) in [4.78, 5) is 27.8. The first-order chi connectivity index (χ1) is 14.6. The van der Waals surface area contributed by atoms with Crippen LogP contribution in [0.15, 0.2) is 65.9 Å². The molecule has 0 N–H and O–H groups in total. The Hall–Kier alpha value is -3.34. The summed E-state index contributed by atoms with van der Waals surface area (Å²) < 4.78 is 10.8. The van der Waals surface area contributed by atoms with Crippen molar-refractivity contribution in [3.63, 3.8) is 0 Å². The number of amides is 1. The second-order valence-corrected chi connectivity index (χ2v) is 7.48. The van der Waals surface area contributed by atoms with Gasteiger partial charge in [0, 0.05) is 36.1 Å². The van der Waals surface area contributed by atoms with E-state index in [-0.39, 0.29) is 24.0 Å². The number of nitrogens with zero attached hydrogens (tertiary/aromatic N) is 1. The summed E-state index contributed by atoms with van der Waals surface area (Å²) in [5, 5.41) is 0. The minimum atomic E-state index is -0.207. The lowest BCUT2D eigenvalue weighted by Gasteiger charge is -2.37. The molecule has 0 bridgehead atoms. The first-order valence-electron chi connectivity index (χ1n) is 10.2. The van der Waals surface area contributed by atoms with Crippen molar-refractivity contribution in [1.82, 2.24) is 0 Å². The van der Waals surface area contributed by atoms with Gasteiger partial charge in [0.2, 0.25) is 5.91 Å². The highest BCUT2D eigenvalue weighted by atomic mass is 16.5. The molecule has 2 aliphatic rings. The Kier molecular flexibility index (Phi) is 5.70. The molecule has 30 heavy (non-hydrogen) atoms. The Balaban J connectivity index is 1.77. The molecule has 2 aromatic carbocycles. The zero-order chi connectivity index (χ0) is 21.1. The normalized spacial score (nSPS) is 19.3. The van der Waals surface area contributed by atoms with Crippen LogP contribution in [0.4, 0.5) is 5.69 Å². The molecule has 0 saturated heterocycles. The van der Waals surface area contributed by atoms with Crippen LogP contribution in [0, 0.1) is 5.92 Å². The van der Waals surface area contributed by atoms with Gasteiger partial charge in [-0.25, -0.2) is 0 Å². The third-order valence-corrected chi connectivity index (χ3v) is 5.66. The molecule has 5 nitrogen and oxygen atoms in total. The highest BCUT2D eigenvalue weighted by molar-refractivity contribution is 6.07. The van der Waals surface area contributed by atoms with E-state index in [1.807, 2.05) is 48.6 Å². The van der Waals surface area contributed by atoms with Crippen molar-refractivity contribution in [1.29, 1.82) is 0 Å². The van der Waals surface area contributed by atoms with Gasteiger partial charge in [-0.3, -0.25) is 14.5 Å². The van der Waals surface area contributed by atoms with Gasteiger partial charge in [-0.05, 0) is 30.5 Å². The molecule has 1 aliphatic carbocycles. The molecule has 0 spiro atoms. The minimum absolute atomic E-state index is 0.0328. The maximum atomic E-state index is 13.3. The van der Waals surface area contributed by atoms with Gasteiger partial charge in [0.1, 0.15) is 11.5 Å². The molecular formula is C25H25NO4. The van der Waals surface area contributed by atoms with E-state index in [4.69, 9.17) is 9.47 Å². The van der Waals surface area contributed by atoms with Gasteiger partial charge in [0.25, 0.3) is 0 Å². The van der Waals surface area contributed by atoms with Crippen molar-refractivity contribution < 1.29 is 19.1 Å². The molecule has 0 saturated carbocycles. The number of allylic oxidation sites excluding steroid dienone is 3. The second kappa shape index (κ2) is 8.57. The number of hydrogen-bond acceptors (Lipinski definition) is 4. The molecule has 154 valence electrons. The molecule has 1 unspecified atom stereocenters. The van der Waals surface area contributed by atoms with Crippen LogP contribution in [0.1, 0.15) is 31.2 Å². The molecule has 1 amide bonds. The number of carbonyl (C=O) groups is 2. The third kappa shape index (κ3) is 3.75. The molecule has 4 rings (SSSR count). The first-order valence-corrected chi connectivity index (χ1v) is 10.2. The van der Waals surface area contributed by atoms with Gasteiger partial charge in [-0.15, -0.1) is 0 Å². The molecule has 0 aromatic heterocycles. The molecule has 0 radical (unpaired) electrons. The lowest BCUT2D eigenvalue weighted by Crippen LogP contribution is -2.41. The van der Waals surface area contributed by atoms with Gasteiger partial charge in [0.15, 0.2) is 5.78 Å². The number of benzene rings is 2. The fourth-order valence-electron chi connectivity index (χ4n) is 4.24. The number of ketones is 1. The number of ether oxygens (including phenoxy) is 2. The third-order valence-electron chi connectivity index (χ3n) is 5.66. The number of rotatable bonds is 5. The molecule has 2 aromatic rings. The topological polar surface area (TPSA) is 55.8 Å². The summed E-state index contributed by atoms with van der Waals surface area (Å²) in [7, 11) is 3.16. The largest absolute Gasteiger partial charge is 0.497 e. The van der Waals surface area contributed by atoms with Crippen LogP contribution < -0.4 is 14.4 Å². The van der Waals surface area contributed by atoms with E-state index in [2.05, 4.69) is 0 Å². The Morgan fingerprint density at radius 3 is 2.53 bits per heavy atom. The van der Waals surface area contributed by atoms with Crippen molar-refractivity contribution >= 4 is 23.5 Å². The van der Waals surface area contributed by atoms with Crippen LogP contribution in [0.2, 0.25) is 0 Å². The lowest BCUT2D eigenvalue weighted by molar-refractivity contribution is -0.120. The summed E-state index contributed by atoms with van der Waals surface area (Å²) in [5.41, 5.74) is 3.25. The Morgan fingerprint density at radius 2 is 1.80 bits per heavy atom. The standard InChI is InChI=1S/C25H25NO4/c1-29-19-13-14-20(23(16-19)30-2)26-21-9-6-10-22(27)25(21)18(15-24(26)28)12-11-17-7-4-3-5-8-17/h3-5,7-8,11-14,16,18H,6,9-10,15H2,1-2H3/b12-11+. The molecule has 1 aliphatic heterocycles. The highest BCUT2D eigenvalue weighted by Crippen LogP contribution is 2.43. The molecule has 1 heterocycles. The van der Waals surface area contributed by atoms with Crippen LogP contribution >= 0.6 is 0 Å². The Morgan fingerprint density at radius 1 is 1.00 bits per heavy atom. The monoisotopic (exact) mass is 403 g/mol. The smallest absolute Gasteiger partial charge is 0.232 e. The van der Waals surface area contributed by atoms with E-state index in [1.54, 1.807) is 31.3 Å². The zero-order valence-electron chi connectivity index (χ0n) is 17.3. The van der Waals surface area contributed by atoms with E-state index in [1.165, 1.54) is 0 Å². The van der Waals surface area contributed by atoms with Gasteiger partial charge in [-0.1, -0.05) is 42.5 Å². The van der Waals surface area contributed by atoms with Crippen LogP contribution in [-0.2, 0) is 9.59 Å². The van der Waals surface area contributed by atoms with Gasteiger partial charge < -0.3 is 9.47 Å². The maximum absolute atomic E-state index is 13.3. The first kappa shape index (κ1) is 20.0. The maximum Gasteiger partial charge on any atom is 0.232 e. The summed E-state index contributed by atoms with van der Waals surface area (Å²) >= 11 is 0. The number of methoxy groups -OCH3 is 2. The summed E-state index contributed by atoms with van der Waals surface area (Å²) in [6.45, 7) is 0. The molecule has 0 fully saturated rings. The van der Waals surface area contributed by atoms with E-state index in [9.17, 15) is 9.59 Å². The van der Waals surface area contributed by atoms with Crippen molar-refractivity contribution in [2.75, 3.05) is 19.1 Å². The zero-order valence-corrected chi connectivity index (χ0v) is 17.3. The van der Waals surface area contributed by atoms with Crippen LogP contribution in [0.3, 0.4) is 0 Å². The van der Waals surface area contributed by atoms with Gasteiger partial charge >= 0.3 is 0 Å². The predicted octanol–water partition coefficient (Wildman–Crippen LogP) is 4.78. The van der Waals surface area contributed by atoms with Crippen molar-refractivity contribution in [2.24, 2.45) is 5.92 Å². The van der Waals surface area contributed by atoms with Crippen LogP contribution in [0.5, 0.6) is 11.5 Å². The van der Waals surface area contributed by atoms with Crippen LogP contribution in [-0.4, -0.2) is 25.9 Å². The molecular weight excluding hydrogens is 378 g/mol. The average molecular weight is 403 g/mol. The number of Topliss-reactive ketones (excluding diaryl/α,β-unsaturated/α-hetero) is 1. The number of carbonyl (C=O) groups excluding carboxylic acids is 2. The average Bonchev–Trinajstić information content (AvgIpc) is 2.78. The minimum Gasteiger partial charge on any atom is -0.497 e. The van der Waals surface area contributed by atoms with E-state index >= 15 is 0 Å². The Bertz CT molecular complexity index is 1020. The lowest BCUT2D eigenvalue weighted by atomic mass is 9.80. The highest BCUT2D eigenvalue weighted by Gasteiger charge is 2.38. The Labute approximate surface area is 176 Å². The molecule has 5 heteroatoms. The van der Waals surface area contributed by atoms with Crippen molar-refractivity contribution in [2.45, 2.75) is 25.7 Å². The number of hydrogen-bond donors (Lipinski definition) is 0. The number of anilines is 1. The van der Waals surface area contributed by atoms with Crippen molar-refractivity contribution in [3.05, 3.63) is 71.4 Å². The fraction of sp³-hybridized carbons (Fsp3) is 0.280. The van der Waals surface area contributed by atoms with Gasteiger partial charge in [0.05, 0.1) is 19.9 Å². The SMILES string of the molecule is COc1ccc(N2C(=O)CC(/C=C/c3ccccc3)C3=C2CCCC3=O)c(OC)c1. The second-order valence-electron chi connectivity index (χ2n) is 7.48. The van der Waals surface area contributed by atoms with Crippen molar-refractivity contribution in [3.8, 4) is 11.5 Å². The fourth-order valence-corrected chi connectivity index (χ4v) is 4.24.